The molecule has 0 bridgehead atoms. The Morgan fingerprint density at radius 3 is 2.30 bits per heavy atom. The van der Waals surface area contributed by atoms with Crippen molar-refractivity contribution in [1.82, 2.24) is 4.98 Å². The third-order valence-corrected chi connectivity index (χ3v) is 3.88. The largest absolute Gasteiger partial charge is 0.478 e. The molecule has 0 aliphatic heterocycles. The molecule has 2 aromatic rings. The number of aromatic nitrogens is 1. The Morgan fingerprint density at radius 1 is 1.20 bits per heavy atom. The molecule has 0 fully saturated rings. The number of carbonyl (C=O) groups is 1. The monoisotopic (exact) mass is 293 g/mol. The number of aromatic amines is 1. The Morgan fingerprint density at radius 2 is 1.80 bits per heavy atom. The molecule has 1 heterocycles. The van der Waals surface area contributed by atoms with Crippen LogP contribution in [0.5, 0.6) is 0 Å². The van der Waals surface area contributed by atoms with Crippen LogP contribution < -0.4 is 5.56 Å². The number of benzene rings is 1. The van der Waals surface area contributed by atoms with E-state index < -0.39 is 21.4 Å². The second-order valence-corrected chi connectivity index (χ2v) is 6.24. The number of pyridine rings is 1. The van der Waals surface area contributed by atoms with Gasteiger partial charge in [-0.2, -0.15) is 0 Å². The highest BCUT2D eigenvalue weighted by molar-refractivity contribution is 7.90. The van der Waals surface area contributed by atoms with Gasteiger partial charge in [0, 0.05) is 24.1 Å². The van der Waals surface area contributed by atoms with Crippen molar-refractivity contribution in [2.45, 2.75) is 4.90 Å². The topological polar surface area (TPSA) is 104 Å². The van der Waals surface area contributed by atoms with Crippen molar-refractivity contribution in [3.63, 3.8) is 0 Å². The molecule has 0 spiro atoms. The first-order chi connectivity index (χ1) is 9.29. The van der Waals surface area contributed by atoms with Gasteiger partial charge in [-0.05, 0) is 17.7 Å². The van der Waals surface area contributed by atoms with Gasteiger partial charge in [0.15, 0.2) is 9.84 Å². The van der Waals surface area contributed by atoms with E-state index in [4.69, 9.17) is 5.11 Å². The van der Waals surface area contributed by atoms with Crippen molar-refractivity contribution < 1.29 is 18.3 Å². The number of carboxylic acid groups (broad SMARTS) is 1. The van der Waals surface area contributed by atoms with Gasteiger partial charge in [-0.15, -0.1) is 0 Å². The molecule has 6 nitrogen and oxygen atoms in total. The maximum atomic E-state index is 11.4. The zero-order valence-corrected chi connectivity index (χ0v) is 11.3. The molecule has 0 radical (unpaired) electrons. The molecule has 0 saturated heterocycles. The number of sulfone groups is 1. The molecule has 0 unspecified atom stereocenters. The molecular weight excluding hydrogens is 282 g/mol. The first-order valence-electron chi connectivity index (χ1n) is 5.55. The lowest BCUT2D eigenvalue weighted by Crippen LogP contribution is -2.10. The van der Waals surface area contributed by atoms with Crippen LogP contribution in [0.15, 0.2) is 46.2 Å². The fourth-order valence-corrected chi connectivity index (χ4v) is 2.40. The van der Waals surface area contributed by atoms with Gasteiger partial charge in [-0.3, -0.25) is 4.79 Å². The molecular formula is C13H11NO5S. The molecule has 0 aliphatic rings. The summed E-state index contributed by atoms with van der Waals surface area (Å²) in [5, 5.41) is 9.09. The molecule has 0 saturated carbocycles. The lowest BCUT2D eigenvalue weighted by atomic mass is 10.0. The Kier molecular flexibility index (Phi) is 3.46. The Hall–Kier alpha value is -2.41. The number of carboxylic acids is 1. The maximum absolute atomic E-state index is 11.4. The normalized spacial score (nSPS) is 11.2. The summed E-state index contributed by atoms with van der Waals surface area (Å²) in [5.41, 5.74) is 0.169. The van der Waals surface area contributed by atoms with E-state index in [-0.39, 0.29) is 10.5 Å². The van der Waals surface area contributed by atoms with E-state index in [1.54, 1.807) is 0 Å². The van der Waals surface area contributed by atoms with Crippen LogP contribution in [-0.4, -0.2) is 30.7 Å². The smallest absolute Gasteiger partial charge is 0.336 e. The van der Waals surface area contributed by atoms with Crippen LogP contribution in [0, 0.1) is 0 Å². The zero-order valence-electron chi connectivity index (χ0n) is 10.5. The minimum absolute atomic E-state index is 0.138. The predicted molar refractivity (Wildman–Crippen MR) is 72.6 cm³/mol. The number of rotatable bonds is 3. The van der Waals surface area contributed by atoms with Crippen LogP contribution >= 0.6 is 0 Å². The van der Waals surface area contributed by atoms with Gasteiger partial charge in [0.1, 0.15) is 0 Å². The molecule has 0 amide bonds. The molecule has 20 heavy (non-hydrogen) atoms. The van der Waals surface area contributed by atoms with Gasteiger partial charge >= 0.3 is 5.97 Å². The quantitative estimate of drug-likeness (QED) is 0.883. The maximum Gasteiger partial charge on any atom is 0.336 e. The van der Waals surface area contributed by atoms with Gasteiger partial charge in [0.05, 0.1) is 10.5 Å². The van der Waals surface area contributed by atoms with Crippen LogP contribution in [0.3, 0.4) is 0 Å². The van der Waals surface area contributed by atoms with Crippen molar-refractivity contribution in [3.05, 3.63) is 52.4 Å². The number of aromatic carboxylic acids is 1. The third kappa shape index (κ3) is 2.77. The van der Waals surface area contributed by atoms with Crippen LogP contribution in [-0.2, 0) is 9.84 Å². The summed E-state index contributed by atoms with van der Waals surface area (Å²) in [6, 6.07) is 6.76. The van der Waals surface area contributed by atoms with Crippen LogP contribution in [0.25, 0.3) is 11.1 Å². The summed E-state index contributed by atoms with van der Waals surface area (Å²) in [5.74, 6) is -1.22. The van der Waals surface area contributed by atoms with E-state index in [9.17, 15) is 18.0 Å². The molecule has 2 rings (SSSR count). The highest BCUT2D eigenvalue weighted by Crippen LogP contribution is 2.23. The van der Waals surface area contributed by atoms with Crippen molar-refractivity contribution in [2.24, 2.45) is 0 Å². The first-order valence-corrected chi connectivity index (χ1v) is 7.45. The summed E-state index contributed by atoms with van der Waals surface area (Å²) < 4.78 is 22.7. The van der Waals surface area contributed by atoms with Gasteiger partial charge in [0.25, 0.3) is 0 Å². The summed E-state index contributed by atoms with van der Waals surface area (Å²) in [6.07, 6.45) is 2.38. The highest BCUT2D eigenvalue weighted by Gasteiger charge is 2.13. The minimum Gasteiger partial charge on any atom is -0.478 e. The van der Waals surface area contributed by atoms with Gasteiger partial charge in [-0.25, -0.2) is 13.2 Å². The van der Waals surface area contributed by atoms with Gasteiger partial charge in [0.2, 0.25) is 5.56 Å². The average Bonchev–Trinajstić information content (AvgIpc) is 2.37. The van der Waals surface area contributed by atoms with Gasteiger partial charge < -0.3 is 10.1 Å². The standard InChI is InChI=1S/C13H11NO5S/c1-20(18,19)9-4-2-8(3-5-9)11-7-14-12(15)6-10(11)13(16)17/h2-7H,1H3,(H,14,15)(H,16,17). The molecule has 7 heteroatoms. The molecule has 104 valence electrons. The fraction of sp³-hybridized carbons (Fsp3) is 0.0769. The molecule has 2 N–H and O–H groups in total. The summed E-state index contributed by atoms with van der Waals surface area (Å²) >= 11 is 0. The summed E-state index contributed by atoms with van der Waals surface area (Å²) in [6.45, 7) is 0. The minimum atomic E-state index is -3.31. The second-order valence-electron chi connectivity index (χ2n) is 4.23. The van der Waals surface area contributed by atoms with E-state index in [0.29, 0.717) is 11.1 Å². The van der Waals surface area contributed by atoms with E-state index in [1.165, 1.54) is 30.5 Å². The van der Waals surface area contributed by atoms with E-state index in [1.807, 2.05) is 0 Å². The Balaban J connectivity index is 2.58. The summed E-state index contributed by atoms with van der Waals surface area (Å²) in [4.78, 5) is 24.8. The van der Waals surface area contributed by atoms with Crippen molar-refractivity contribution in [3.8, 4) is 11.1 Å². The molecule has 0 atom stereocenters. The van der Waals surface area contributed by atoms with E-state index in [2.05, 4.69) is 4.98 Å². The van der Waals surface area contributed by atoms with Crippen LogP contribution in [0.2, 0.25) is 0 Å². The molecule has 0 aliphatic carbocycles. The fourth-order valence-electron chi connectivity index (χ4n) is 1.77. The van der Waals surface area contributed by atoms with Gasteiger partial charge in [-0.1, -0.05) is 12.1 Å². The highest BCUT2D eigenvalue weighted by atomic mass is 32.2. The molecule has 1 aromatic heterocycles. The third-order valence-electron chi connectivity index (χ3n) is 2.75. The Labute approximate surface area is 114 Å². The van der Waals surface area contributed by atoms with Crippen molar-refractivity contribution >= 4 is 15.8 Å². The number of H-pyrrole nitrogens is 1. The van der Waals surface area contributed by atoms with E-state index >= 15 is 0 Å². The summed E-state index contributed by atoms with van der Waals surface area (Å²) in [7, 11) is -3.31. The average molecular weight is 293 g/mol. The lowest BCUT2D eigenvalue weighted by Gasteiger charge is -2.06. The first kappa shape index (κ1) is 14.0. The number of hydrogen-bond acceptors (Lipinski definition) is 4. The van der Waals surface area contributed by atoms with E-state index in [0.717, 1.165) is 12.3 Å². The zero-order chi connectivity index (χ0) is 14.9. The SMILES string of the molecule is CS(=O)(=O)c1ccc(-c2c[nH]c(=O)cc2C(=O)O)cc1. The lowest BCUT2D eigenvalue weighted by molar-refractivity contribution is 0.0697. The number of hydrogen-bond donors (Lipinski definition) is 2. The second kappa shape index (κ2) is 4.93. The molecule has 1 aromatic carbocycles. The Bertz CT molecular complexity index is 819. The van der Waals surface area contributed by atoms with Crippen LogP contribution in [0.1, 0.15) is 10.4 Å². The predicted octanol–water partition coefficient (Wildman–Crippen LogP) is 1.14. The van der Waals surface area contributed by atoms with Crippen molar-refractivity contribution in [1.29, 1.82) is 0 Å². The van der Waals surface area contributed by atoms with Crippen LogP contribution in [0.4, 0.5) is 0 Å². The number of nitrogens with one attached hydrogen (secondary N) is 1. The van der Waals surface area contributed by atoms with Crippen molar-refractivity contribution in [2.75, 3.05) is 6.26 Å².